The van der Waals surface area contributed by atoms with E-state index >= 15 is 0 Å². The van der Waals surface area contributed by atoms with E-state index in [4.69, 9.17) is 9.47 Å². The molecule has 4 nitrogen and oxygen atoms in total. The average Bonchev–Trinajstić information content (AvgIpc) is 2.84. The van der Waals surface area contributed by atoms with E-state index in [2.05, 4.69) is 0 Å². The fraction of sp³-hybridized carbons (Fsp3) is 0.500. The normalized spacial score (nSPS) is 33.3. The van der Waals surface area contributed by atoms with Gasteiger partial charge in [-0.1, -0.05) is 44.2 Å². The van der Waals surface area contributed by atoms with Crippen molar-refractivity contribution in [2.75, 3.05) is 0 Å². The van der Waals surface area contributed by atoms with Crippen molar-refractivity contribution in [3.05, 3.63) is 35.9 Å². The Balaban J connectivity index is 1.65. The molecule has 1 aliphatic heterocycles. The van der Waals surface area contributed by atoms with Crippen molar-refractivity contribution in [1.29, 1.82) is 0 Å². The van der Waals surface area contributed by atoms with Gasteiger partial charge in [-0.3, -0.25) is 9.59 Å². The van der Waals surface area contributed by atoms with Crippen LogP contribution < -0.4 is 0 Å². The number of esters is 1. The van der Waals surface area contributed by atoms with Gasteiger partial charge in [0.2, 0.25) is 6.29 Å². The van der Waals surface area contributed by atoms with Gasteiger partial charge >= 0.3 is 5.97 Å². The molecule has 1 aromatic carbocycles. The third kappa shape index (κ3) is 2.04. The summed E-state index contributed by atoms with van der Waals surface area (Å²) in [5.41, 5.74) is 0.877. The Bertz CT molecular complexity index is 523. The summed E-state index contributed by atoms with van der Waals surface area (Å²) in [5, 5.41) is 0. The predicted molar refractivity (Wildman–Crippen MR) is 71.4 cm³/mol. The van der Waals surface area contributed by atoms with Gasteiger partial charge in [0.25, 0.3) is 0 Å². The molecule has 0 amide bonds. The number of hydrogen-bond acceptors (Lipinski definition) is 4. The molecule has 105 valence electrons. The number of carbonyl (C=O) groups is 1. The van der Waals surface area contributed by atoms with Gasteiger partial charge in [-0.25, -0.2) is 0 Å². The Labute approximate surface area is 118 Å². The summed E-state index contributed by atoms with van der Waals surface area (Å²) in [7, 11) is 0. The van der Waals surface area contributed by atoms with Crippen LogP contribution in [0.4, 0.5) is 0 Å². The van der Waals surface area contributed by atoms with E-state index in [1.807, 2.05) is 50.5 Å². The Kier molecular flexibility index (Phi) is 3.13. The molecule has 1 saturated heterocycles. The zero-order valence-corrected chi connectivity index (χ0v) is 11.5. The van der Waals surface area contributed by atoms with Crippen molar-refractivity contribution >= 4 is 12.3 Å². The van der Waals surface area contributed by atoms with E-state index < -0.39 is 12.0 Å². The third-order valence-corrected chi connectivity index (χ3v) is 4.43. The maximum absolute atomic E-state index is 12.2. The molecule has 2 aliphatic rings. The Morgan fingerprint density at radius 2 is 2.05 bits per heavy atom. The maximum atomic E-state index is 12.2. The fourth-order valence-electron chi connectivity index (χ4n) is 3.17. The van der Waals surface area contributed by atoms with Crippen LogP contribution >= 0.6 is 0 Å². The van der Waals surface area contributed by atoms with E-state index in [-0.39, 0.29) is 30.0 Å². The first-order valence-electron chi connectivity index (χ1n) is 6.79. The van der Waals surface area contributed by atoms with Crippen molar-refractivity contribution < 1.29 is 19.1 Å². The van der Waals surface area contributed by atoms with Gasteiger partial charge in [0.15, 0.2) is 0 Å². The number of hydrogen-bond donors (Lipinski definition) is 0. The Morgan fingerprint density at radius 1 is 1.35 bits per heavy atom. The van der Waals surface area contributed by atoms with Crippen LogP contribution in [0.2, 0.25) is 0 Å². The molecular formula is C16H17O4. The second kappa shape index (κ2) is 4.70. The standard InChI is InChI=1S/C16H17O4/c1-16(2)13-12(11(8-17)20-14(13)16)15(18)19-9-10-6-4-3-5-7-10/h3-7,11-14H,9H2,1-2H3. The van der Waals surface area contributed by atoms with Crippen molar-refractivity contribution in [3.63, 3.8) is 0 Å². The summed E-state index contributed by atoms with van der Waals surface area (Å²) in [4.78, 5) is 23.1. The van der Waals surface area contributed by atoms with E-state index in [1.165, 1.54) is 0 Å². The smallest absolute Gasteiger partial charge is 0.312 e. The van der Waals surface area contributed by atoms with Gasteiger partial charge < -0.3 is 9.47 Å². The molecule has 1 saturated carbocycles. The lowest BCUT2D eigenvalue weighted by Crippen LogP contribution is -2.33. The summed E-state index contributed by atoms with van der Waals surface area (Å²) < 4.78 is 10.9. The van der Waals surface area contributed by atoms with E-state index in [0.29, 0.717) is 0 Å². The van der Waals surface area contributed by atoms with Crippen molar-refractivity contribution in [1.82, 2.24) is 0 Å². The van der Waals surface area contributed by atoms with Crippen LogP contribution in [0.5, 0.6) is 0 Å². The van der Waals surface area contributed by atoms with Crippen molar-refractivity contribution in [2.24, 2.45) is 17.3 Å². The molecule has 2 fully saturated rings. The number of fused-ring (bicyclic) bond motifs is 1. The predicted octanol–water partition coefficient (Wildman–Crippen LogP) is 1.88. The first-order chi connectivity index (χ1) is 9.55. The summed E-state index contributed by atoms with van der Waals surface area (Å²) >= 11 is 0. The minimum Gasteiger partial charge on any atom is -0.461 e. The van der Waals surface area contributed by atoms with Crippen LogP contribution in [0, 0.1) is 17.3 Å². The molecule has 3 rings (SSSR count). The lowest BCUT2D eigenvalue weighted by atomic mass is 9.93. The highest BCUT2D eigenvalue weighted by Crippen LogP contribution is 2.63. The lowest BCUT2D eigenvalue weighted by molar-refractivity contribution is -0.153. The molecule has 20 heavy (non-hydrogen) atoms. The number of rotatable bonds is 4. The molecule has 0 aromatic heterocycles. The maximum Gasteiger partial charge on any atom is 0.312 e. The van der Waals surface area contributed by atoms with Gasteiger partial charge in [-0.2, -0.15) is 0 Å². The third-order valence-electron chi connectivity index (χ3n) is 4.43. The van der Waals surface area contributed by atoms with Crippen LogP contribution in [0.25, 0.3) is 0 Å². The van der Waals surface area contributed by atoms with Gasteiger partial charge in [0.1, 0.15) is 12.7 Å². The zero-order valence-electron chi connectivity index (χ0n) is 11.5. The molecule has 1 radical (unpaired) electrons. The van der Waals surface area contributed by atoms with E-state index in [1.54, 1.807) is 0 Å². The van der Waals surface area contributed by atoms with Crippen LogP contribution in [0.1, 0.15) is 19.4 Å². The zero-order chi connectivity index (χ0) is 14.3. The Hall–Kier alpha value is -1.68. The molecule has 0 N–H and O–H groups in total. The molecule has 0 bridgehead atoms. The highest BCUT2D eigenvalue weighted by molar-refractivity contribution is 5.80. The van der Waals surface area contributed by atoms with Crippen molar-refractivity contribution in [3.8, 4) is 0 Å². The quantitative estimate of drug-likeness (QED) is 0.786. The molecule has 4 heteroatoms. The lowest BCUT2D eigenvalue weighted by Gasteiger charge is -2.20. The number of ether oxygens (including phenoxy) is 2. The monoisotopic (exact) mass is 273 g/mol. The minimum absolute atomic E-state index is 0.0248. The molecule has 1 aliphatic carbocycles. The SMILES string of the molecule is CC1(C)C2OC([C]=O)C(C(=O)OCc3ccccc3)C21. The summed E-state index contributed by atoms with van der Waals surface area (Å²) in [6, 6.07) is 9.48. The summed E-state index contributed by atoms with van der Waals surface area (Å²) in [5.74, 6) is -0.811. The van der Waals surface area contributed by atoms with Crippen LogP contribution in [-0.4, -0.2) is 24.5 Å². The summed E-state index contributed by atoms with van der Waals surface area (Å²) in [6.45, 7) is 4.31. The second-order valence-corrected chi connectivity index (χ2v) is 6.06. The largest absolute Gasteiger partial charge is 0.461 e. The second-order valence-electron chi connectivity index (χ2n) is 6.06. The van der Waals surface area contributed by atoms with Crippen molar-refractivity contribution in [2.45, 2.75) is 32.7 Å². The van der Waals surface area contributed by atoms with Gasteiger partial charge in [0, 0.05) is 5.92 Å². The van der Waals surface area contributed by atoms with Crippen LogP contribution in [0.3, 0.4) is 0 Å². The molecule has 4 unspecified atom stereocenters. The highest BCUT2D eigenvalue weighted by atomic mass is 16.5. The van der Waals surface area contributed by atoms with Gasteiger partial charge in [-0.15, -0.1) is 0 Å². The number of carbonyl (C=O) groups excluding carboxylic acids is 2. The first-order valence-corrected chi connectivity index (χ1v) is 6.79. The molecule has 1 aromatic rings. The molecule has 4 atom stereocenters. The first kappa shape index (κ1) is 13.3. The van der Waals surface area contributed by atoms with Crippen LogP contribution in [-0.2, 0) is 25.7 Å². The fourth-order valence-corrected chi connectivity index (χ4v) is 3.17. The topological polar surface area (TPSA) is 52.6 Å². The van der Waals surface area contributed by atoms with Gasteiger partial charge in [0.05, 0.1) is 12.0 Å². The summed E-state index contributed by atoms with van der Waals surface area (Å²) in [6.07, 6.45) is 1.02. The minimum atomic E-state index is -0.777. The van der Waals surface area contributed by atoms with Crippen LogP contribution in [0.15, 0.2) is 30.3 Å². The molecule has 1 heterocycles. The average molecular weight is 273 g/mol. The molecular weight excluding hydrogens is 256 g/mol. The van der Waals surface area contributed by atoms with E-state index in [9.17, 15) is 9.59 Å². The molecule has 0 spiro atoms. The van der Waals surface area contributed by atoms with E-state index in [0.717, 1.165) is 5.56 Å². The highest BCUT2D eigenvalue weighted by Gasteiger charge is 2.71. The Morgan fingerprint density at radius 3 is 2.70 bits per heavy atom. The number of benzene rings is 1. The van der Waals surface area contributed by atoms with Gasteiger partial charge in [-0.05, 0) is 11.0 Å².